The number of aromatic nitrogens is 3. The summed E-state index contributed by atoms with van der Waals surface area (Å²) in [5.74, 6) is -1.10. The molecule has 0 fully saturated rings. The third kappa shape index (κ3) is 3.36. The SMILES string of the molecule is O=C(O)c1csc(CCNS(=O)(=O)c2ccn[nH]2)n1. The lowest BCUT2D eigenvalue weighted by atomic mass is 10.4. The van der Waals surface area contributed by atoms with Gasteiger partial charge < -0.3 is 5.11 Å². The van der Waals surface area contributed by atoms with Gasteiger partial charge in [0, 0.05) is 18.3 Å². The number of H-pyrrole nitrogens is 1. The van der Waals surface area contributed by atoms with E-state index in [4.69, 9.17) is 5.11 Å². The minimum absolute atomic E-state index is 0.0159. The van der Waals surface area contributed by atoms with Gasteiger partial charge in [-0.15, -0.1) is 11.3 Å². The standard InChI is InChI=1S/C9H10N4O4S2/c14-9(15)6-5-18-7(12-6)1-4-11-19(16,17)8-2-3-10-13-8/h2-3,5,11H,1,4H2,(H,10,13)(H,14,15). The maximum Gasteiger partial charge on any atom is 0.355 e. The van der Waals surface area contributed by atoms with Crippen molar-refractivity contribution in [1.29, 1.82) is 0 Å². The number of sulfonamides is 1. The summed E-state index contributed by atoms with van der Waals surface area (Å²) in [5, 5.41) is 16.6. The van der Waals surface area contributed by atoms with E-state index in [0.717, 1.165) is 0 Å². The van der Waals surface area contributed by atoms with Crippen LogP contribution in [0, 0.1) is 0 Å². The van der Waals surface area contributed by atoms with Crippen molar-refractivity contribution < 1.29 is 18.3 Å². The molecular formula is C9H10N4O4S2. The van der Waals surface area contributed by atoms with Gasteiger partial charge in [-0.2, -0.15) is 5.10 Å². The quantitative estimate of drug-likeness (QED) is 0.694. The van der Waals surface area contributed by atoms with Gasteiger partial charge >= 0.3 is 5.97 Å². The number of carbonyl (C=O) groups is 1. The molecule has 3 N–H and O–H groups in total. The van der Waals surface area contributed by atoms with E-state index in [-0.39, 0.29) is 17.3 Å². The molecule has 19 heavy (non-hydrogen) atoms. The molecule has 0 bridgehead atoms. The predicted octanol–water partition coefficient (Wildman–Crippen LogP) is 0.0854. The van der Waals surface area contributed by atoms with Gasteiger partial charge in [0.15, 0.2) is 10.7 Å². The van der Waals surface area contributed by atoms with E-state index < -0.39 is 16.0 Å². The summed E-state index contributed by atoms with van der Waals surface area (Å²) < 4.78 is 25.8. The molecule has 0 saturated carbocycles. The van der Waals surface area contributed by atoms with E-state index in [1.807, 2.05) is 0 Å². The average Bonchev–Trinajstić information content (AvgIpc) is 3.00. The molecule has 0 amide bonds. The van der Waals surface area contributed by atoms with Gasteiger partial charge in [0.2, 0.25) is 0 Å². The number of carboxylic acids is 1. The van der Waals surface area contributed by atoms with E-state index >= 15 is 0 Å². The summed E-state index contributed by atoms with van der Waals surface area (Å²) in [6.07, 6.45) is 1.67. The van der Waals surface area contributed by atoms with Crippen molar-refractivity contribution in [3.63, 3.8) is 0 Å². The van der Waals surface area contributed by atoms with Crippen molar-refractivity contribution >= 4 is 27.3 Å². The van der Waals surface area contributed by atoms with E-state index in [0.29, 0.717) is 11.4 Å². The molecule has 2 aromatic rings. The molecule has 0 aliphatic carbocycles. The molecule has 0 saturated heterocycles. The van der Waals surface area contributed by atoms with Gasteiger partial charge in [-0.25, -0.2) is 22.9 Å². The Kier molecular flexibility index (Phi) is 3.93. The molecule has 0 spiro atoms. The zero-order valence-electron chi connectivity index (χ0n) is 9.53. The summed E-state index contributed by atoms with van der Waals surface area (Å²) in [4.78, 5) is 14.5. The second-order valence-electron chi connectivity index (χ2n) is 3.50. The van der Waals surface area contributed by atoms with Gasteiger partial charge in [-0.3, -0.25) is 5.10 Å². The zero-order chi connectivity index (χ0) is 13.9. The second-order valence-corrected chi connectivity index (χ2v) is 6.18. The lowest BCUT2D eigenvalue weighted by molar-refractivity contribution is 0.0691. The monoisotopic (exact) mass is 302 g/mol. The minimum atomic E-state index is -3.60. The maximum atomic E-state index is 11.7. The Morgan fingerprint density at radius 2 is 2.32 bits per heavy atom. The highest BCUT2D eigenvalue weighted by Gasteiger charge is 2.15. The minimum Gasteiger partial charge on any atom is -0.476 e. The maximum absolute atomic E-state index is 11.7. The number of aromatic carboxylic acids is 1. The van der Waals surface area contributed by atoms with Gasteiger partial charge in [0.05, 0.1) is 11.2 Å². The molecule has 8 nitrogen and oxygen atoms in total. The fourth-order valence-electron chi connectivity index (χ4n) is 1.29. The molecule has 2 aromatic heterocycles. The Balaban J connectivity index is 1.91. The summed E-state index contributed by atoms with van der Waals surface area (Å²) >= 11 is 1.18. The van der Waals surface area contributed by atoms with Crippen LogP contribution in [-0.2, 0) is 16.4 Å². The summed E-state index contributed by atoms with van der Waals surface area (Å²) in [5.41, 5.74) is -0.0311. The van der Waals surface area contributed by atoms with Crippen molar-refractivity contribution in [2.45, 2.75) is 11.4 Å². The first-order chi connectivity index (χ1) is 8.99. The van der Waals surface area contributed by atoms with Crippen LogP contribution in [-0.4, -0.2) is 41.2 Å². The number of hydrogen-bond donors (Lipinski definition) is 3. The summed E-state index contributed by atoms with van der Waals surface area (Å²) in [6, 6.07) is 1.34. The van der Waals surface area contributed by atoms with Crippen molar-refractivity contribution in [1.82, 2.24) is 19.9 Å². The molecule has 2 heterocycles. The van der Waals surface area contributed by atoms with Crippen LogP contribution < -0.4 is 4.72 Å². The van der Waals surface area contributed by atoms with Crippen LogP contribution in [0.4, 0.5) is 0 Å². The van der Waals surface area contributed by atoms with Crippen LogP contribution in [0.2, 0.25) is 0 Å². The molecule has 0 aliphatic heterocycles. The number of nitrogens with one attached hydrogen (secondary N) is 2. The molecule has 0 radical (unpaired) electrons. The lowest BCUT2D eigenvalue weighted by Gasteiger charge is -2.02. The van der Waals surface area contributed by atoms with Crippen LogP contribution in [0.3, 0.4) is 0 Å². The first-order valence-corrected chi connectivity index (χ1v) is 7.52. The molecule has 0 unspecified atom stereocenters. The molecule has 0 aromatic carbocycles. The number of nitrogens with zero attached hydrogens (tertiary/aromatic N) is 2. The van der Waals surface area contributed by atoms with Crippen molar-refractivity contribution in [3.8, 4) is 0 Å². The van der Waals surface area contributed by atoms with Gasteiger partial charge in [0.1, 0.15) is 0 Å². The van der Waals surface area contributed by atoms with Crippen LogP contribution in [0.25, 0.3) is 0 Å². The van der Waals surface area contributed by atoms with Crippen molar-refractivity contribution in [3.05, 3.63) is 28.3 Å². The Labute approximate surface area is 112 Å². The summed E-state index contributed by atoms with van der Waals surface area (Å²) in [7, 11) is -3.60. The Bertz CT molecular complexity index is 662. The normalized spacial score (nSPS) is 11.6. The number of carboxylic acid groups (broad SMARTS) is 1. The smallest absolute Gasteiger partial charge is 0.355 e. The number of aromatic amines is 1. The Morgan fingerprint density at radius 3 is 2.89 bits per heavy atom. The number of thiazole rings is 1. The van der Waals surface area contributed by atoms with Gasteiger partial charge in [-0.1, -0.05) is 0 Å². The highest BCUT2D eigenvalue weighted by molar-refractivity contribution is 7.89. The topological polar surface area (TPSA) is 125 Å². The largest absolute Gasteiger partial charge is 0.476 e. The number of rotatable bonds is 6. The molecular weight excluding hydrogens is 292 g/mol. The highest BCUT2D eigenvalue weighted by atomic mass is 32.2. The van der Waals surface area contributed by atoms with Crippen molar-refractivity contribution in [2.24, 2.45) is 0 Å². The van der Waals surface area contributed by atoms with E-state index in [1.54, 1.807) is 0 Å². The lowest BCUT2D eigenvalue weighted by Crippen LogP contribution is -2.26. The molecule has 10 heteroatoms. The van der Waals surface area contributed by atoms with Crippen LogP contribution in [0.1, 0.15) is 15.5 Å². The van der Waals surface area contributed by atoms with Crippen LogP contribution >= 0.6 is 11.3 Å². The number of hydrogen-bond acceptors (Lipinski definition) is 6. The molecule has 102 valence electrons. The van der Waals surface area contributed by atoms with Gasteiger partial charge in [-0.05, 0) is 6.07 Å². The third-order valence-corrected chi connectivity index (χ3v) is 4.47. The molecule has 2 rings (SSSR count). The molecule has 0 aliphatic rings. The van der Waals surface area contributed by atoms with Crippen molar-refractivity contribution in [2.75, 3.05) is 6.54 Å². The average molecular weight is 302 g/mol. The molecule has 0 atom stereocenters. The first-order valence-electron chi connectivity index (χ1n) is 5.16. The third-order valence-electron chi connectivity index (χ3n) is 2.17. The van der Waals surface area contributed by atoms with Gasteiger partial charge in [0.25, 0.3) is 10.0 Å². The summed E-state index contributed by atoms with van der Waals surface area (Å²) in [6.45, 7) is 0.133. The van der Waals surface area contributed by atoms with Crippen LogP contribution in [0.5, 0.6) is 0 Å². The first kappa shape index (κ1) is 13.6. The fourth-order valence-corrected chi connectivity index (χ4v) is 3.00. The zero-order valence-corrected chi connectivity index (χ0v) is 11.2. The van der Waals surface area contributed by atoms with Crippen LogP contribution in [0.15, 0.2) is 22.7 Å². The second kappa shape index (κ2) is 5.47. The predicted molar refractivity (Wildman–Crippen MR) is 66.6 cm³/mol. The fraction of sp³-hybridized carbons (Fsp3) is 0.222. The van der Waals surface area contributed by atoms with E-state index in [2.05, 4.69) is 19.9 Å². The van der Waals surface area contributed by atoms with E-state index in [9.17, 15) is 13.2 Å². The Morgan fingerprint density at radius 1 is 1.53 bits per heavy atom. The highest BCUT2D eigenvalue weighted by Crippen LogP contribution is 2.10. The van der Waals surface area contributed by atoms with E-state index in [1.165, 1.54) is 29.0 Å². The Hall–Kier alpha value is -1.78.